The quantitative estimate of drug-likeness (QED) is 0.543. The summed E-state index contributed by atoms with van der Waals surface area (Å²) in [5, 5.41) is 9.68. The Labute approximate surface area is 99.5 Å². The third-order valence-electron chi connectivity index (χ3n) is 2.36. The van der Waals surface area contributed by atoms with Crippen molar-refractivity contribution in [1.82, 2.24) is 4.90 Å². The van der Waals surface area contributed by atoms with E-state index in [2.05, 4.69) is 11.8 Å². The molecule has 98 valence electrons. The summed E-state index contributed by atoms with van der Waals surface area (Å²) in [5.74, 6) is 0. The predicted octanol–water partition coefficient (Wildman–Crippen LogP) is 1.13. The fraction of sp³-hybridized carbons (Fsp3) is 1.00. The average molecular weight is 233 g/mol. The van der Waals surface area contributed by atoms with Gasteiger partial charge in [-0.1, -0.05) is 13.3 Å². The second kappa shape index (κ2) is 11.3. The number of nitrogens with zero attached hydrogens (tertiary/aromatic N) is 1. The normalized spacial score (nSPS) is 13.3. The molecular formula is C12H27NO3. The molecule has 0 bridgehead atoms. The number of unbranched alkanes of at least 4 members (excludes halogenated alkanes) is 1. The highest BCUT2D eigenvalue weighted by Gasteiger charge is 2.07. The Morgan fingerprint density at radius 2 is 2.00 bits per heavy atom. The molecule has 0 heterocycles. The minimum atomic E-state index is -0.385. The van der Waals surface area contributed by atoms with E-state index in [1.165, 1.54) is 0 Å². The van der Waals surface area contributed by atoms with Gasteiger partial charge < -0.3 is 19.5 Å². The summed E-state index contributed by atoms with van der Waals surface area (Å²) >= 11 is 0. The van der Waals surface area contributed by atoms with Gasteiger partial charge in [0.25, 0.3) is 0 Å². The first kappa shape index (κ1) is 15.8. The third kappa shape index (κ3) is 10.4. The molecule has 4 heteroatoms. The summed E-state index contributed by atoms with van der Waals surface area (Å²) < 4.78 is 10.3. The zero-order valence-corrected chi connectivity index (χ0v) is 10.9. The van der Waals surface area contributed by atoms with Crippen LogP contribution >= 0.6 is 0 Å². The largest absolute Gasteiger partial charge is 0.389 e. The molecule has 0 aliphatic heterocycles. The van der Waals surface area contributed by atoms with Crippen molar-refractivity contribution < 1.29 is 14.6 Å². The molecule has 0 amide bonds. The van der Waals surface area contributed by atoms with E-state index in [1.54, 1.807) is 7.11 Å². The van der Waals surface area contributed by atoms with Gasteiger partial charge in [0.1, 0.15) is 0 Å². The molecule has 1 atom stereocenters. The lowest BCUT2D eigenvalue weighted by atomic mass is 10.3. The van der Waals surface area contributed by atoms with E-state index in [9.17, 15) is 5.11 Å². The number of aliphatic hydroxyl groups excluding tert-OH is 1. The predicted molar refractivity (Wildman–Crippen MR) is 65.7 cm³/mol. The SMILES string of the molecule is CCCCOCC(O)CN(C)CCCOC. The molecule has 16 heavy (non-hydrogen) atoms. The molecule has 0 rings (SSSR count). The van der Waals surface area contributed by atoms with E-state index in [1.807, 2.05) is 7.05 Å². The highest BCUT2D eigenvalue weighted by molar-refractivity contribution is 4.60. The van der Waals surface area contributed by atoms with E-state index in [4.69, 9.17) is 9.47 Å². The van der Waals surface area contributed by atoms with Gasteiger partial charge >= 0.3 is 0 Å². The molecule has 0 spiro atoms. The van der Waals surface area contributed by atoms with Gasteiger partial charge in [-0.05, 0) is 19.9 Å². The van der Waals surface area contributed by atoms with Gasteiger partial charge in [-0.3, -0.25) is 0 Å². The number of methoxy groups -OCH3 is 1. The lowest BCUT2D eigenvalue weighted by Crippen LogP contribution is -2.33. The molecule has 0 saturated heterocycles. The maximum absolute atomic E-state index is 9.68. The Morgan fingerprint density at radius 1 is 1.25 bits per heavy atom. The molecule has 0 radical (unpaired) electrons. The smallest absolute Gasteiger partial charge is 0.0900 e. The summed E-state index contributed by atoms with van der Waals surface area (Å²) in [6.07, 6.45) is 2.81. The first-order valence-corrected chi connectivity index (χ1v) is 6.14. The van der Waals surface area contributed by atoms with Gasteiger partial charge in [-0.2, -0.15) is 0 Å². The summed E-state index contributed by atoms with van der Waals surface area (Å²) in [7, 11) is 3.71. The van der Waals surface area contributed by atoms with Crippen molar-refractivity contribution in [1.29, 1.82) is 0 Å². The van der Waals surface area contributed by atoms with Gasteiger partial charge in [-0.15, -0.1) is 0 Å². The van der Waals surface area contributed by atoms with E-state index < -0.39 is 0 Å². The van der Waals surface area contributed by atoms with Gasteiger partial charge in [0, 0.05) is 33.4 Å². The molecular weight excluding hydrogens is 206 g/mol. The zero-order valence-electron chi connectivity index (χ0n) is 10.9. The zero-order chi connectivity index (χ0) is 12.2. The van der Waals surface area contributed by atoms with Crippen LogP contribution in [0.2, 0.25) is 0 Å². The third-order valence-corrected chi connectivity index (χ3v) is 2.36. The number of ether oxygens (including phenoxy) is 2. The topological polar surface area (TPSA) is 41.9 Å². The Bertz CT molecular complexity index is 144. The van der Waals surface area contributed by atoms with Crippen LogP contribution in [-0.4, -0.2) is 63.2 Å². The second-order valence-corrected chi connectivity index (χ2v) is 4.19. The van der Waals surface area contributed by atoms with Crippen LogP contribution in [0, 0.1) is 0 Å². The minimum absolute atomic E-state index is 0.385. The van der Waals surface area contributed by atoms with Crippen molar-refractivity contribution >= 4 is 0 Å². The van der Waals surface area contributed by atoms with Crippen LogP contribution in [0.4, 0.5) is 0 Å². The molecule has 0 aliphatic rings. The number of aliphatic hydroxyl groups is 1. The van der Waals surface area contributed by atoms with Crippen molar-refractivity contribution in [3.05, 3.63) is 0 Å². The monoisotopic (exact) mass is 233 g/mol. The maximum Gasteiger partial charge on any atom is 0.0900 e. The van der Waals surface area contributed by atoms with Crippen molar-refractivity contribution in [3.8, 4) is 0 Å². The lowest BCUT2D eigenvalue weighted by Gasteiger charge is -2.20. The van der Waals surface area contributed by atoms with Crippen molar-refractivity contribution in [2.45, 2.75) is 32.3 Å². The first-order valence-electron chi connectivity index (χ1n) is 6.14. The molecule has 1 N–H and O–H groups in total. The standard InChI is InChI=1S/C12H27NO3/c1-4-5-9-16-11-12(14)10-13(2)7-6-8-15-3/h12,14H,4-11H2,1-3H3. The van der Waals surface area contributed by atoms with Crippen LogP contribution in [0.3, 0.4) is 0 Å². The summed E-state index contributed by atoms with van der Waals surface area (Å²) in [6.45, 7) is 5.70. The van der Waals surface area contributed by atoms with Crippen molar-refractivity contribution in [2.24, 2.45) is 0 Å². The van der Waals surface area contributed by atoms with Gasteiger partial charge in [0.05, 0.1) is 12.7 Å². The highest BCUT2D eigenvalue weighted by atomic mass is 16.5. The summed E-state index contributed by atoms with van der Waals surface area (Å²) in [6, 6.07) is 0. The molecule has 0 aliphatic carbocycles. The van der Waals surface area contributed by atoms with Crippen LogP contribution in [0.1, 0.15) is 26.2 Å². The minimum Gasteiger partial charge on any atom is -0.389 e. The Balaban J connectivity index is 3.35. The molecule has 1 unspecified atom stereocenters. The maximum atomic E-state index is 9.68. The fourth-order valence-electron chi connectivity index (χ4n) is 1.45. The van der Waals surface area contributed by atoms with E-state index in [-0.39, 0.29) is 6.10 Å². The summed E-state index contributed by atoms with van der Waals surface area (Å²) in [4.78, 5) is 2.10. The number of hydrogen-bond donors (Lipinski definition) is 1. The van der Waals surface area contributed by atoms with Crippen LogP contribution in [0.5, 0.6) is 0 Å². The molecule has 0 aromatic carbocycles. The number of likely N-dealkylation sites (N-methyl/N-ethyl adjacent to an activating group) is 1. The van der Waals surface area contributed by atoms with E-state index in [0.29, 0.717) is 13.2 Å². The number of hydrogen-bond acceptors (Lipinski definition) is 4. The van der Waals surface area contributed by atoms with Crippen LogP contribution in [0.15, 0.2) is 0 Å². The molecule has 0 aromatic heterocycles. The lowest BCUT2D eigenvalue weighted by molar-refractivity contribution is 0.0189. The second-order valence-electron chi connectivity index (χ2n) is 4.19. The van der Waals surface area contributed by atoms with Crippen molar-refractivity contribution in [3.63, 3.8) is 0 Å². The molecule has 0 saturated carbocycles. The van der Waals surface area contributed by atoms with Crippen LogP contribution in [-0.2, 0) is 9.47 Å². The Morgan fingerprint density at radius 3 is 2.62 bits per heavy atom. The fourth-order valence-corrected chi connectivity index (χ4v) is 1.45. The van der Waals surface area contributed by atoms with Crippen molar-refractivity contribution in [2.75, 3.05) is 47.1 Å². The van der Waals surface area contributed by atoms with Gasteiger partial charge in [0.2, 0.25) is 0 Å². The van der Waals surface area contributed by atoms with Crippen LogP contribution in [0.25, 0.3) is 0 Å². The number of rotatable bonds is 11. The van der Waals surface area contributed by atoms with Crippen LogP contribution < -0.4 is 0 Å². The van der Waals surface area contributed by atoms with Gasteiger partial charge in [0.15, 0.2) is 0 Å². The molecule has 4 nitrogen and oxygen atoms in total. The molecule has 0 aromatic rings. The highest BCUT2D eigenvalue weighted by Crippen LogP contribution is 1.95. The molecule has 0 fully saturated rings. The Hall–Kier alpha value is -0.160. The van der Waals surface area contributed by atoms with E-state index >= 15 is 0 Å². The summed E-state index contributed by atoms with van der Waals surface area (Å²) in [5.41, 5.74) is 0. The van der Waals surface area contributed by atoms with E-state index in [0.717, 1.165) is 39.0 Å². The first-order chi connectivity index (χ1) is 7.70. The average Bonchev–Trinajstić information content (AvgIpc) is 2.25. The van der Waals surface area contributed by atoms with Gasteiger partial charge in [-0.25, -0.2) is 0 Å². The Kier molecular flexibility index (Phi) is 11.2.